The SMILES string of the molecule is C=CCOc1ccc(Cl)cc1/C=N/NC(=O)Cc1nnc(N)s1. The maximum absolute atomic E-state index is 11.7. The quantitative estimate of drug-likeness (QED) is 0.451. The second-order valence-electron chi connectivity index (χ2n) is 4.29. The lowest BCUT2D eigenvalue weighted by Gasteiger charge is -2.07. The van der Waals surface area contributed by atoms with Gasteiger partial charge in [0.2, 0.25) is 11.0 Å². The van der Waals surface area contributed by atoms with Gasteiger partial charge in [-0.15, -0.1) is 10.2 Å². The van der Waals surface area contributed by atoms with Gasteiger partial charge in [-0.05, 0) is 18.2 Å². The van der Waals surface area contributed by atoms with E-state index in [1.54, 1.807) is 24.3 Å². The molecular weight excluding hydrogens is 338 g/mol. The molecule has 0 aliphatic heterocycles. The van der Waals surface area contributed by atoms with Crippen molar-refractivity contribution in [2.75, 3.05) is 12.3 Å². The van der Waals surface area contributed by atoms with Crippen molar-refractivity contribution >= 4 is 40.2 Å². The Kier molecular flexibility index (Phi) is 6.07. The first-order valence-corrected chi connectivity index (χ1v) is 7.71. The van der Waals surface area contributed by atoms with E-state index in [0.29, 0.717) is 33.1 Å². The Labute approximate surface area is 141 Å². The van der Waals surface area contributed by atoms with Gasteiger partial charge in [0.25, 0.3) is 0 Å². The summed E-state index contributed by atoms with van der Waals surface area (Å²) in [6.45, 7) is 3.94. The van der Waals surface area contributed by atoms with Crippen molar-refractivity contribution in [3.05, 3.63) is 46.4 Å². The number of nitrogens with one attached hydrogen (secondary N) is 1. The molecule has 0 spiro atoms. The molecule has 2 aromatic rings. The van der Waals surface area contributed by atoms with Gasteiger partial charge in [-0.3, -0.25) is 4.79 Å². The number of nitrogens with zero attached hydrogens (tertiary/aromatic N) is 3. The molecule has 23 heavy (non-hydrogen) atoms. The minimum atomic E-state index is -0.326. The summed E-state index contributed by atoms with van der Waals surface area (Å²) in [5.41, 5.74) is 8.49. The average molecular weight is 352 g/mol. The normalized spacial score (nSPS) is 10.7. The van der Waals surface area contributed by atoms with Crippen molar-refractivity contribution < 1.29 is 9.53 Å². The first-order chi connectivity index (χ1) is 11.1. The fraction of sp³-hybridized carbons (Fsp3) is 0.143. The van der Waals surface area contributed by atoms with Crippen LogP contribution in [0.3, 0.4) is 0 Å². The third-order valence-electron chi connectivity index (χ3n) is 2.52. The van der Waals surface area contributed by atoms with Gasteiger partial charge in [-0.25, -0.2) is 5.43 Å². The molecule has 0 radical (unpaired) electrons. The average Bonchev–Trinajstić information content (AvgIpc) is 2.91. The van der Waals surface area contributed by atoms with Gasteiger partial charge < -0.3 is 10.5 Å². The largest absolute Gasteiger partial charge is 0.489 e. The third kappa shape index (κ3) is 5.35. The van der Waals surface area contributed by atoms with E-state index in [1.165, 1.54) is 6.21 Å². The first-order valence-electron chi connectivity index (χ1n) is 6.51. The number of hydrogen-bond donors (Lipinski definition) is 2. The van der Waals surface area contributed by atoms with Gasteiger partial charge in [0.1, 0.15) is 17.4 Å². The van der Waals surface area contributed by atoms with Crippen LogP contribution in [0.5, 0.6) is 5.75 Å². The summed E-state index contributed by atoms with van der Waals surface area (Å²) in [5, 5.41) is 12.7. The Bertz CT molecular complexity index is 732. The predicted octanol–water partition coefficient (Wildman–Crippen LogP) is 2.03. The topological polar surface area (TPSA) is 102 Å². The van der Waals surface area contributed by atoms with Crippen molar-refractivity contribution in [1.82, 2.24) is 15.6 Å². The van der Waals surface area contributed by atoms with E-state index >= 15 is 0 Å². The standard InChI is InChI=1S/C14H14ClN5O2S/c1-2-5-22-11-4-3-10(15)6-9(11)8-17-18-12(21)7-13-19-20-14(16)23-13/h2-4,6,8H,1,5,7H2,(H2,16,20)(H,18,21)/b17-8+. The van der Waals surface area contributed by atoms with Crippen LogP contribution in [0.4, 0.5) is 5.13 Å². The molecule has 0 aliphatic carbocycles. The van der Waals surface area contributed by atoms with Crippen molar-refractivity contribution in [2.45, 2.75) is 6.42 Å². The number of aromatic nitrogens is 2. The molecule has 0 saturated heterocycles. The van der Waals surface area contributed by atoms with E-state index in [4.69, 9.17) is 22.1 Å². The molecule has 0 bridgehead atoms. The van der Waals surface area contributed by atoms with Crippen LogP contribution in [0.2, 0.25) is 5.02 Å². The van der Waals surface area contributed by atoms with Crippen molar-refractivity contribution in [3.63, 3.8) is 0 Å². The highest BCUT2D eigenvalue weighted by atomic mass is 35.5. The number of nitrogens with two attached hydrogens (primary N) is 1. The van der Waals surface area contributed by atoms with Crippen LogP contribution < -0.4 is 15.9 Å². The van der Waals surface area contributed by atoms with Crippen LogP contribution in [0.1, 0.15) is 10.6 Å². The number of carbonyl (C=O) groups is 1. The Morgan fingerprint density at radius 1 is 1.52 bits per heavy atom. The predicted molar refractivity (Wildman–Crippen MR) is 90.9 cm³/mol. The summed E-state index contributed by atoms with van der Waals surface area (Å²) in [7, 11) is 0. The smallest absolute Gasteiger partial charge is 0.247 e. The number of anilines is 1. The Hall–Kier alpha value is -2.45. The van der Waals surface area contributed by atoms with E-state index < -0.39 is 0 Å². The highest BCUT2D eigenvalue weighted by Gasteiger charge is 2.07. The number of ether oxygens (including phenoxy) is 1. The Balaban J connectivity index is 1.97. The van der Waals surface area contributed by atoms with E-state index in [0.717, 1.165) is 11.3 Å². The molecule has 0 saturated carbocycles. The second-order valence-corrected chi connectivity index (χ2v) is 5.82. The lowest BCUT2D eigenvalue weighted by molar-refractivity contribution is -0.120. The van der Waals surface area contributed by atoms with E-state index in [9.17, 15) is 4.79 Å². The number of amides is 1. The molecule has 1 aromatic heterocycles. The molecule has 7 nitrogen and oxygen atoms in total. The van der Waals surface area contributed by atoms with Crippen molar-refractivity contribution in [2.24, 2.45) is 5.10 Å². The number of rotatable bonds is 7. The molecule has 0 aliphatic rings. The number of halogens is 1. The Morgan fingerprint density at radius 2 is 2.35 bits per heavy atom. The molecule has 0 atom stereocenters. The number of hydrazone groups is 1. The van der Waals surface area contributed by atoms with Gasteiger partial charge in [0.15, 0.2) is 0 Å². The molecule has 0 fully saturated rings. The van der Waals surface area contributed by atoms with Gasteiger partial charge >= 0.3 is 0 Å². The van der Waals surface area contributed by atoms with E-state index in [1.807, 2.05) is 0 Å². The number of hydrogen-bond acceptors (Lipinski definition) is 7. The van der Waals surface area contributed by atoms with Crippen LogP contribution >= 0.6 is 22.9 Å². The molecule has 0 unspecified atom stereocenters. The minimum Gasteiger partial charge on any atom is -0.489 e. The molecule has 2 rings (SSSR count). The number of nitrogen functional groups attached to an aromatic ring is 1. The van der Waals surface area contributed by atoms with Crippen LogP contribution in [-0.2, 0) is 11.2 Å². The highest BCUT2D eigenvalue weighted by Crippen LogP contribution is 2.21. The molecular formula is C14H14ClN5O2S. The fourth-order valence-electron chi connectivity index (χ4n) is 1.59. The summed E-state index contributed by atoms with van der Waals surface area (Å²) in [6.07, 6.45) is 3.14. The fourth-order valence-corrected chi connectivity index (χ4v) is 2.38. The lowest BCUT2D eigenvalue weighted by atomic mass is 10.2. The maximum atomic E-state index is 11.7. The summed E-state index contributed by atoms with van der Waals surface area (Å²) < 4.78 is 5.49. The summed E-state index contributed by atoms with van der Waals surface area (Å²) >= 11 is 7.11. The van der Waals surface area contributed by atoms with Crippen LogP contribution in [0.15, 0.2) is 36.0 Å². The van der Waals surface area contributed by atoms with E-state index in [2.05, 4.69) is 27.3 Å². The molecule has 9 heteroatoms. The van der Waals surface area contributed by atoms with Crippen LogP contribution in [-0.4, -0.2) is 28.9 Å². The molecule has 1 aromatic carbocycles. The zero-order chi connectivity index (χ0) is 16.7. The molecule has 1 amide bonds. The van der Waals surface area contributed by atoms with Gasteiger partial charge in [0.05, 0.1) is 12.6 Å². The molecule has 120 valence electrons. The van der Waals surface area contributed by atoms with Crippen LogP contribution in [0.25, 0.3) is 0 Å². The van der Waals surface area contributed by atoms with Crippen molar-refractivity contribution in [1.29, 1.82) is 0 Å². The monoisotopic (exact) mass is 351 g/mol. The zero-order valence-electron chi connectivity index (χ0n) is 12.0. The zero-order valence-corrected chi connectivity index (χ0v) is 13.6. The lowest BCUT2D eigenvalue weighted by Crippen LogP contribution is -2.19. The van der Waals surface area contributed by atoms with Crippen molar-refractivity contribution in [3.8, 4) is 5.75 Å². The third-order valence-corrected chi connectivity index (χ3v) is 3.50. The first kappa shape index (κ1) is 16.9. The number of carbonyl (C=O) groups excluding carboxylic acids is 1. The summed E-state index contributed by atoms with van der Waals surface area (Å²) in [5.74, 6) is 0.261. The number of benzene rings is 1. The summed E-state index contributed by atoms with van der Waals surface area (Å²) in [4.78, 5) is 11.7. The second kappa shape index (κ2) is 8.25. The summed E-state index contributed by atoms with van der Waals surface area (Å²) in [6, 6.07) is 5.11. The highest BCUT2D eigenvalue weighted by molar-refractivity contribution is 7.15. The van der Waals surface area contributed by atoms with Gasteiger partial charge in [-0.2, -0.15) is 5.10 Å². The van der Waals surface area contributed by atoms with Gasteiger partial charge in [0, 0.05) is 10.6 Å². The molecule has 1 heterocycles. The van der Waals surface area contributed by atoms with Crippen LogP contribution in [0, 0.1) is 0 Å². The molecule has 3 N–H and O–H groups in total. The van der Waals surface area contributed by atoms with E-state index in [-0.39, 0.29) is 12.3 Å². The van der Waals surface area contributed by atoms with Gasteiger partial charge in [-0.1, -0.05) is 35.6 Å². The Morgan fingerprint density at radius 3 is 3.04 bits per heavy atom. The maximum Gasteiger partial charge on any atom is 0.247 e. The minimum absolute atomic E-state index is 0.0571.